The zero-order valence-electron chi connectivity index (χ0n) is 9.32. The quantitative estimate of drug-likeness (QED) is 0.840. The Bertz CT molecular complexity index is 324. The monoisotopic (exact) mass is 226 g/mol. The van der Waals surface area contributed by atoms with Gasteiger partial charge < -0.3 is 9.84 Å². The SMILES string of the molecule is Cc1ccc(C(C)(O)C2CCOCC2)s1. The third-order valence-electron chi connectivity index (χ3n) is 3.26. The van der Waals surface area contributed by atoms with E-state index in [0.29, 0.717) is 5.92 Å². The summed E-state index contributed by atoms with van der Waals surface area (Å²) in [6.45, 7) is 5.58. The molecule has 15 heavy (non-hydrogen) atoms. The van der Waals surface area contributed by atoms with Gasteiger partial charge in [-0.25, -0.2) is 0 Å². The van der Waals surface area contributed by atoms with Crippen LogP contribution in [-0.4, -0.2) is 18.3 Å². The third kappa shape index (κ3) is 2.25. The zero-order chi connectivity index (χ0) is 10.9. The first-order valence-corrected chi connectivity index (χ1v) is 6.29. The highest BCUT2D eigenvalue weighted by Crippen LogP contribution is 2.38. The van der Waals surface area contributed by atoms with E-state index in [1.54, 1.807) is 11.3 Å². The van der Waals surface area contributed by atoms with Crippen molar-refractivity contribution >= 4 is 11.3 Å². The van der Waals surface area contributed by atoms with Crippen LogP contribution in [0.2, 0.25) is 0 Å². The standard InChI is InChI=1S/C12H18O2S/c1-9-3-4-11(15-9)12(2,13)10-5-7-14-8-6-10/h3-4,10,13H,5-8H2,1-2H3. The van der Waals surface area contributed by atoms with Crippen LogP contribution in [-0.2, 0) is 10.3 Å². The van der Waals surface area contributed by atoms with Crippen molar-refractivity contribution in [2.24, 2.45) is 5.92 Å². The van der Waals surface area contributed by atoms with Gasteiger partial charge in [0.05, 0.1) is 5.60 Å². The van der Waals surface area contributed by atoms with Crippen molar-refractivity contribution in [2.45, 2.75) is 32.3 Å². The lowest BCUT2D eigenvalue weighted by Crippen LogP contribution is -2.35. The molecule has 1 N–H and O–H groups in total. The summed E-state index contributed by atoms with van der Waals surface area (Å²) in [7, 11) is 0. The summed E-state index contributed by atoms with van der Waals surface area (Å²) in [5.41, 5.74) is -0.678. The Balaban J connectivity index is 2.17. The second kappa shape index (κ2) is 4.24. The van der Waals surface area contributed by atoms with Crippen LogP contribution in [0.15, 0.2) is 12.1 Å². The largest absolute Gasteiger partial charge is 0.384 e. The van der Waals surface area contributed by atoms with Crippen LogP contribution < -0.4 is 0 Å². The molecule has 0 saturated carbocycles. The molecule has 1 saturated heterocycles. The van der Waals surface area contributed by atoms with Gasteiger partial charge in [-0.3, -0.25) is 0 Å². The predicted molar refractivity (Wildman–Crippen MR) is 62.2 cm³/mol. The fourth-order valence-corrected chi connectivity index (χ4v) is 3.16. The summed E-state index contributed by atoms with van der Waals surface area (Å²) in [5, 5.41) is 10.6. The fourth-order valence-electron chi connectivity index (χ4n) is 2.17. The van der Waals surface area contributed by atoms with Crippen LogP contribution in [0.4, 0.5) is 0 Å². The van der Waals surface area contributed by atoms with Gasteiger partial charge >= 0.3 is 0 Å². The van der Waals surface area contributed by atoms with Crippen LogP contribution in [0.25, 0.3) is 0 Å². The molecule has 1 unspecified atom stereocenters. The van der Waals surface area contributed by atoms with Crippen LogP contribution in [0.1, 0.15) is 29.5 Å². The van der Waals surface area contributed by atoms with Gasteiger partial charge in [0.1, 0.15) is 0 Å². The maximum Gasteiger partial charge on any atom is 0.0989 e. The van der Waals surface area contributed by atoms with Crippen LogP contribution in [0.3, 0.4) is 0 Å². The molecule has 84 valence electrons. The molecule has 2 rings (SSSR count). The van der Waals surface area contributed by atoms with Crippen molar-refractivity contribution in [1.29, 1.82) is 0 Å². The average molecular weight is 226 g/mol. The molecule has 1 atom stereocenters. The Kier molecular flexibility index (Phi) is 3.14. The summed E-state index contributed by atoms with van der Waals surface area (Å²) in [6.07, 6.45) is 1.92. The minimum atomic E-state index is -0.678. The van der Waals surface area contributed by atoms with Crippen molar-refractivity contribution < 1.29 is 9.84 Å². The first-order chi connectivity index (χ1) is 7.10. The van der Waals surface area contributed by atoms with Gasteiger partial charge in [0.2, 0.25) is 0 Å². The molecule has 2 heterocycles. The molecule has 0 aromatic carbocycles. The van der Waals surface area contributed by atoms with Crippen LogP contribution in [0.5, 0.6) is 0 Å². The van der Waals surface area contributed by atoms with Gasteiger partial charge in [-0.15, -0.1) is 11.3 Å². The number of hydrogen-bond acceptors (Lipinski definition) is 3. The molecule has 1 fully saturated rings. The lowest BCUT2D eigenvalue weighted by Gasteiger charge is -2.34. The van der Waals surface area contributed by atoms with E-state index < -0.39 is 5.60 Å². The van der Waals surface area contributed by atoms with E-state index in [2.05, 4.69) is 19.1 Å². The summed E-state index contributed by atoms with van der Waals surface area (Å²) in [4.78, 5) is 2.35. The topological polar surface area (TPSA) is 29.5 Å². The molecule has 0 aliphatic carbocycles. The van der Waals surface area contributed by atoms with E-state index in [1.165, 1.54) is 4.88 Å². The minimum Gasteiger partial charge on any atom is -0.384 e. The van der Waals surface area contributed by atoms with Crippen molar-refractivity contribution in [3.05, 3.63) is 21.9 Å². The molecule has 0 amide bonds. The maximum atomic E-state index is 10.6. The Morgan fingerprint density at radius 2 is 2.07 bits per heavy atom. The average Bonchev–Trinajstić information content (AvgIpc) is 2.67. The summed E-state index contributed by atoms with van der Waals surface area (Å²) in [5.74, 6) is 0.337. The van der Waals surface area contributed by atoms with E-state index in [-0.39, 0.29) is 0 Å². The molecule has 0 bridgehead atoms. The van der Waals surface area contributed by atoms with Gasteiger partial charge in [-0.2, -0.15) is 0 Å². The number of thiophene rings is 1. The van der Waals surface area contributed by atoms with E-state index in [1.807, 2.05) is 6.92 Å². The fraction of sp³-hybridized carbons (Fsp3) is 0.667. The van der Waals surface area contributed by atoms with Gasteiger partial charge in [0, 0.05) is 23.0 Å². The highest BCUT2D eigenvalue weighted by atomic mass is 32.1. The Morgan fingerprint density at radius 3 is 2.60 bits per heavy atom. The number of ether oxygens (including phenoxy) is 1. The summed E-state index contributed by atoms with van der Waals surface area (Å²) in [6, 6.07) is 4.13. The van der Waals surface area contributed by atoms with Crippen LogP contribution in [0, 0.1) is 12.8 Å². The number of hydrogen-bond donors (Lipinski definition) is 1. The maximum absolute atomic E-state index is 10.6. The Hall–Kier alpha value is -0.380. The van der Waals surface area contributed by atoms with Crippen LogP contribution >= 0.6 is 11.3 Å². The summed E-state index contributed by atoms with van der Waals surface area (Å²) >= 11 is 1.70. The molecule has 1 aromatic rings. The van der Waals surface area contributed by atoms with E-state index in [4.69, 9.17) is 4.74 Å². The highest BCUT2D eigenvalue weighted by molar-refractivity contribution is 7.12. The smallest absolute Gasteiger partial charge is 0.0989 e. The Labute approximate surface area is 94.9 Å². The molecular formula is C12H18O2S. The molecule has 1 aliphatic heterocycles. The zero-order valence-corrected chi connectivity index (χ0v) is 10.1. The second-order valence-corrected chi connectivity index (χ2v) is 5.73. The number of aryl methyl sites for hydroxylation is 1. The normalized spacial score (nSPS) is 22.6. The van der Waals surface area contributed by atoms with Crippen molar-refractivity contribution in [3.63, 3.8) is 0 Å². The van der Waals surface area contributed by atoms with Crippen molar-refractivity contribution in [3.8, 4) is 0 Å². The molecule has 3 heteroatoms. The minimum absolute atomic E-state index is 0.337. The van der Waals surface area contributed by atoms with Gasteiger partial charge in [0.25, 0.3) is 0 Å². The van der Waals surface area contributed by atoms with E-state index in [0.717, 1.165) is 30.9 Å². The van der Waals surface area contributed by atoms with Crippen molar-refractivity contribution in [1.82, 2.24) is 0 Å². The van der Waals surface area contributed by atoms with E-state index in [9.17, 15) is 5.11 Å². The molecule has 0 radical (unpaired) electrons. The molecule has 1 aromatic heterocycles. The number of rotatable bonds is 2. The van der Waals surface area contributed by atoms with Gasteiger partial charge in [-0.05, 0) is 44.7 Å². The molecule has 2 nitrogen and oxygen atoms in total. The molecule has 1 aliphatic rings. The molecule has 0 spiro atoms. The lowest BCUT2D eigenvalue weighted by atomic mass is 9.82. The van der Waals surface area contributed by atoms with E-state index >= 15 is 0 Å². The second-order valence-electron chi connectivity index (χ2n) is 4.44. The highest BCUT2D eigenvalue weighted by Gasteiger charge is 2.35. The predicted octanol–water partition coefficient (Wildman–Crippen LogP) is 2.69. The first-order valence-electron chi connectivity index (χ1n) is 5.48. The number of aliphatic hydroxyl groups is 1. The van der Waals surface area contributed by atoms with Gasteiger partial charge in [-0.1, -0.05) is 0 Å². The third-order valence-corrected chi connectivity index (χ3v) is 4.48. The van der Waals surface area contributed by atoms with Crippen molar-refractivity contribution in [2.75, 3.05) is 13.2 Å². The van der Waals surface area contributed by atoms with Gasteiger partial charge in [0.15, 0.2) is 0 Å². The Morgan fingerprint density at radius 1 is 1.40 bits per heavy atom. The first kappa shape index (κ1) is 11.1. The summed E-state index contributed by atoms with van der Waals surface area (Å²) < 4.78 is 5.33. The molecular weight excluding hydrogens is 208 g/mol. The lowest BCUT2D eigenvalue weighted by molar-refractivity contribution is -0.0557.